The average molecular weight is 426 g/mol. The molecule has 0 atom stereocenters. The third-order valence-corrected chi connectivity index (χ3v) is 6.82. The SMILES string of the molecule is c1cc2[nH]ccc2c(C2CCN(CCc3c[nH]c4ccc(Cn5cncn5)cc34)CC2)n1. The fourth-order valence-electron chi connectivity index (χ4n) is 5.07. The molecular formula is C25H27N7. The van der Waals surface area contributed by atoms with Gasteiger partial charge >= 0.3 is 0 Å². The fraction of sp³-hybridized carbons (Fsp3) is 0.320. The molecule has 6 rings (SSSR count). The van der Waals surface area contributed by atoms with E-state index in [1.165, 1.54) is 51.5 Å². The van der Waals surface area contributed by atoms with E-state index in [0.717, 1.165) is 32.6 Å². The van der Waals surface area contributed by atoms with Gasteiger partial charge in [-0.25, -0.2) is 9.67 Å². The van der Waals surface area contributed by atoms with Crippen molar-refractivity contribution in [1.29, 1.82) is 0 Å². The summed E-state index contributed by atoms with van der Waals surface area (Å²) in [4.78, 5) is 18.1. The van der Waals surface area contributed by atoms with E-state index in [1.807, 2.05) is 17.1 Å². The molecule has 0 spiro atoms. The van der Waals surface area contributed by atoms with Gasteiger partial charge in [0.1, 0.15) is 12.7 Å². The summed E-state index contributed by atoms with van der Waals surface area (Å²) in [5.41, 5.74) is 6.30. The smallest absolute Gasteiger partial charge is 0.137 e. The predicted octanol–water partition coefficient (Wildman–Crippen LogP) is 4.11. The molecule has 0 amide bonds. The standard InChI is InChI=1S/C25H27N7/c1-2-23-22(13-18(1)15-32-17-26-16-30-32)20(14-29-23)7-12-31-10-5-19(6-11-31)25-21-3-8-27-24(21)4-9-28-25/h1-4,8-9,13-14,16-17,19,27,29H,5-7,10-12,15H2. The molecule has 0 radical (unpaired) electrons. The van der Waals surface area contributed by atoms with Crippen molar-refractivity contribution in [2.75, 3.05) is 19.6 Å². The zero-order valence-corrected chi connectivity index (χ0v) is 18.0. The topological polar surface area (TPSA) is 78.4 Å². The van der Waals surface area contributed by atoms with Gasteiger partial charge < -0.3 is 14.9 Å². The Morgan fingerprint density at radius 1 is 1.00 bits per heavy atom. The number of pyridine rings is 1. The average Bonchev–Trinajstić information content (AvgIpc) is 3.59. The largest absolute Gasteiger partial charge is 0.361 e. The number of nitrogens with zero attached hydrogens (tertiary/aromatic N) is 5. The molecule has 5 heterocycles. The molecule has 162 valence electrons. The first kappa shape index (κ1) is 19.3. The summed E-state index contributed by atoms with van der Waals surface area (Å²) in [6.07, 6.45) is 12.9. The van der Waals surface area contributed by atoms with Crippen molar-refractivity contribution < 1.29 is 0 Å². The molecule has 2 N–H and O–H groups in total. The number of aromatic amines is 2. The van der Waals surface area contributed by atoms with Crippen molar-refractivity contribution in [3.8, 4) is 0 Å². The van der Waals surface area contributed by atoms with Crippen LogP contribution in [-0.4, -0.2) is 54.3 Å². The van der Waals surface area contributed by atoms with Crippen LogP contribution in [0.25, 0.3) is 21.8 Å². The molecule has 7 nitrogen and oxygen atoms in total. The van der Waals surface area contributed by atoms with Crippen molar-refractivity contribution in [3.63, 3.8) is 0 Å². The first-order chi connectivity index (χ1) is 15.8. The van der Waals surface area contributed by atoms with Crippen LogP contribution in [0.3, 0.4) is 0 Å². The number of H-pyrrole nitrogens is 2. The second kappa shape index (κ2) is 8.24. The van der Waals surface area contributed by atoms with E-state index in [-0.39, 0.29) is 0 Å². The monoisotopic (exact) mass is 425 g/mol. The minimum absolute atomic E-state index is 0.554. The number of likely N-dealkylation sites (tertiary alicyclic amines) is 1. The molecule has 1 aliphatic rings. The van der Waals surface area contributed by atoms with Crippen LogP contribution < -0.4 is 0 Å². The van der Waals surface area contributed by atoms with E-state index in [0.29, 0.717) is 5.92 Å². The van der Waals surface area contributed by atoms with Crippen molar-refractivity contribution in [2.24, 2.45) is 0 Å². The van der Waals surface area contributed by atoms with Gasteiger partial charge in [-0.05, 0) is 67.7 Å². The fourth-order valence-corrected chi connectivity index (χ4v) is 5.07. The van der Waals surface area contributed by atoms with Crippen LogP contribution in [0, 0.1) is 0 Å². The van der Waals surface area contributed by atoms with Crippen LogP contribution in [-0.2, 0) is 13.0 Å². The number of benzene rings is 1. The van der Waals surface area contributed by atoms with E-state index in [1.54, 1.807) is 12.7 Å². The van der Waals surface area contributed by atoms with Gasteiger partial charge in [0.05, 0.1) is 12.2 Å². The molecule has 5 aromatic rings. The summed E-state index contributed by atoms with van der Waals surface area (Å²) in [6, 6.07) is 10.8. The molecule has 0 unspecified atom stereocenters. The van der Waals surface area contributed by atoms with Gasteiger partial charge in [0.15, 0.2) is 0 Å². The van der Waals surface area contributed by atoms with Crippen molar-refractivity contribution in [3.05, 3.63) is 78.4 Å². The van der Waals surface area contributed by atoms with Gasteiger partial charge in [-0.2, -0.15) is 5.10 Å². The lowest BCUT2D eigenvalue weighted by Gasteiger charge is -2.31. The molecule has 0 bridgehead atoms. The number of fused-ring (bicyclic) bond motifs is 2. The van der Waals surface area contributed by atoms with Gasteiger partial charge in [0.25, 0.3) is 0 Å². The third kappa shape index (κ3) is 3.69. The normalized spacial score (nSPS) is 15.8. The number of aromatic nitrogens is 6. The molecule has 32 heavy (non-hydrogen) atoms. The molecule has 1 aliphatic heterocycles. The van der Waals surface area contributed by atoms with Crippen molar-refractivity contribution >= 4 is 21.8 Å². The Labute approximate surface area is 186 Å². The number of hydrogen-bond acceptors (Lipinski definition) is 4. The van der Waals surface area contributed by atoms with E-state index in [2.05, 4.69) is 61.5 Å². The molecule has 1 fully saturated rings. The van der Waals surface area contributed by atoms with Gasteiger partial charge in [-0.1, -0.05) is 6.07 Å². The number of hydrogen-bond donors (Lipinski definition) is 2. The van der Waals surface area contributed by atoms with Gasteiger partial charge in [-0.3, -0.25) is 4.98 Å². The summed E-state index contributed by atoms with van der Waals surface area (Å²) in [6.45, 7) is 4.10. The lowest BCUT2D eigenvalue weighted by atomic mass is 9.91. The Kier molecular flexibility index (Phi) is 4.96. The van der Waals surface area contributed by atoms with Gasteiger partial charge in [-0.15, -0.1) is 0 Å². The summed E-state index contributed by atoms with van der Waals surface area (Å²) in [5.74, 6) is 0.554. The zero-order chi connectivity index (χ0) is 21.3. The zero-order valence-electron chi connectivity index (χ0n) is 18.0. The van der Waals surface area contributed by atoms with Crippen LogP contribution in [0.1, 0.15) is 35.6 Å². The van der Waals surface area contributed by atoms with Crippen LogP contribution in [0.4, 0.5) is 0 Å². The van der Waals surface area contributed by atoms with Crippen LogP contribution >= 0.6 is 0 Å². The second-order valence-corrected chi connectivity index (χ2v) is 8.79. The molecule has 0 saturated carbocycles. The van der Waals surface area contributed by atoms with E-state index in [9.17, 15) is 0 Å². The predicted molar refractivity (Wildman–Crippen MR) is 126 cm³/mol. The van der Waals surface area contributed by atoms with Crippen LogP contribution in [0.15, 0.2) is 61.6 Å². The first-order valence-electron chi connectivity index (χ1n) is 11.4. The highest BCUT2D eigenvalue weighted by Crippen LogP contribution is 2.31. The quantitative estimate of drug-likeness (QED) is 0.429. The van der Waals surface area contributed by atoms with Crippen LogP contribution in [0.5, 0.6) is 0 Å². The highest BCUT2D eigenvalue weighted by molar-refractivity contribution is 5.84. The summed E-state index contributed by atoms with van der Waals surface area (Å²) in [5, 5.41) is 6.83. The van der Waals surface area contributed by atoms with Crippen molar-refractivity contribution in [1.82, 2.24) is 34.6 Å². The number of rotatable bonds is 6. The Balaban J connectivity index is 1.10. The third-order valence-electron chi connectivity index (χ3n) is 6.82. The van der Waals surface area contributed by atoms with E-state index in [4.69, 9.17) is 4.98 Å². The van der Waals surface area contributed by atoms with Gasteiger partial charge in [0, 0.05) is 52.9 Å². The Morgan fingerprint density at radius 3 is 2.78 bits per heavy atom. The molecule has 1 saturated heterocycles. The number of piperidine rings is 1. The number of nitrogens with one attached hydrogen (secondary N) is 2. The van der Waals surface area contributed by atoms with Gasteiger partial charge in [0.2, 0.25) is 0 Å². The lowest BCUT2D eigenvalue weighted by molar-refractivity contribution is 0.214. The maximum atomic E-state index is 4.73. The molecule has 4 aromatic heterocycles. The summed E-state index contributed by atoms with van der Waals surface area (Å²) >= 11 is 0. The van der Waals surface area contributed by atoms with Crippen molar-refractivity contribution in [2.45, 2.75) is 31.7 Å². The summed E-state index contributed by atoms with van der Waals surface area (Å²) < 4.78 is 1.86. The van der Waals surface area contributed by atoms with Crippen LogP contribution in [0.2, 0.25) is 0 Å². The Morgan fingerprint density at radius 2 is 1.91 bits per heavy atom. The molecular weight excluding hydrogens is 398 g/mol. The molecule has 7 heteroatoms. The molecule has 1 aromatic carbocycles. The highest BCUT2D eigenvalue weighted by atomic mass is 15.3. The minimum Gasteiger partial charge on any atom is -0.361 e. The highest BCUT2D eigenvalue weighted by Gasteiger charge is 2.23. The first-order valence-corrected chi connectivity index (χ1v) is 11.4. The summed E-state index contributed by atoms with van der Waals surface area (Å²) in [7, 11) is 0. The lowest BCUT2D eigenvalue weighted by Crippen LogP contribution is -2.34. The Hall–Kier alpha value is -3.45. The van der Waals surface area contributed by atoms with E-state index >= 15 is 0 Å². The van der Waals surface area contributed by atoms with E-state index < -0.39 is 0 Å². The Bertz CT molecular complexity index is 1320. The minimum atomic E-state index is 0.554. The maximum absolute atomic E-state index is 4.73. The molecule has 0 aliphatic carbocycles. The second-order valence-electron chi connectivity index (χ2n) is 8.79. The maximum Gasteiger partial charge on any atom is 0.137 e.